The predicted octanol–water partition coefficient (Wildman–Crippen LogP) is 3.16. The summed E-state index contributed by atoms with van der Waals surface area (Å²) >= 11 is 3.31. The lowest BCUT2D eigenvalue weighted by atomic mass is 10.2. The highest BCUT2D eigenvalue weighted by atomic mass is 79.9. The van der Waals surface area contributed by atoms with Gasteiger partial charge in [-0.15, -0.1) is 0 Å². The van der Waals surface area contributed by atoms with E-state index in [0.29, 0.717) is 5.69 Å². The molecule has 7 heteroatoms. The number of sulfonamides is 1. The van der Waals surface area contributed by atoms with Crippen molar-refractivity contribution in [2.24, 2.45) is 5.73 Å². The molecule has 0 heterocycles. The van der Waals surface area contributed by atoms with E-state index in [2.05, 4.69) is 20.7 Å². The van der Waals surface area contributed by atoms with Gasteiger partial charge in [0.15, 0.2) is 0 Å². The lowest BCUT2D eigenvalue weighted by Crippen LogP contribution is -2.14. The number of halogens is 2. The molecule has 21 heavy (non-hydrogen) atoms. The van der Waals surface area contributed by atoms with Crippen molar-refractivity contribution in [3.05, 3.63) is 57.8 Å². The maximum Gasteiger partial charge on any atom is 0.261 e. The van der Waals surface area contributed by atoms with Crippen LogP contribution in [0.1, 0.15) is 11.1 Å². The lowest BCUT2D eigenvalue weighted by molar-refractivity contribution is 0.596. The Morgan fingerprint density at radius 1 is 1.24 bits per heavy atom. The third-order valence-corrected chi connectivity index (χ3v) is 4.84. The van der Waals surface area contributed by atoms with Gasteiger partial charge in [0.2, 0.25) is 0 Å². The Bertz CT molecular complexity index is 779. The zero-order valence-electron chi connectivity index (χ0n) is 11.2. The topological polar surface area (TPSA) is 72.2 Å². The van der Waals surface area contributed by atoms with Gasteiger partial charge in [-0.3, -0.25) is 4.72 Å². The van der Waals surface area contributed by atoms with Crippen molar-refractivity contribution in [2.75, 3.05) is 4.72 Å². The average molecular weight is 373 g/mol. The second kappa shape index (κ2) is 6.13. The second-order valence-corrected chi connectivity index (χ2v) is 7.12. The van der Waals surface area contributed by atoms with Crippen molar-refractivity contribution in [1.29, 1.82) is 0 Å². The molecule has 2 aromatic carbocycles. The van der Waals surface area contributed by atoms with Crippen LogP contribution in [0.15, 0.2) is 45.8 Å². The van der Waals surface area contributed by atoms with Gasteiger partial charge < -0.3 is 5.73 Å². The second-order valence-electron chi connectivity index (χ2n) is 4.52. The minimum Gasteiger partial charge on any atom is -0.326 e. The Morgan fingerprint density at radius 2 is 1.95 bits per heavy atom. The number of nitrogens with one attached hydrogen (secondary N) is 1. The summed E-state index contributed by atoms with van der Waals surface area (Å²) in [5, 5.41) is 0. The summed E-state index contributed by atoms with van der Waals surface area (Å²) in [5.41, 5.74) is 6.80. The van der Waals surface area contributed by atoms with Gasteiger partial charge in [-0.05, 0) is 48.9 Å². The normalized spacial score (nSPS) is 11.4. The van der Waals surface area contributed by atoms with Crippen molar-refractivity contribution >= 4 is 31.6 Å². The first-order chi connectivity index (χ1) is 9.83. The number of hydrogen-bond donors (Lipinski definition) is 2. The van der Waals surface area contributed by atoms with Crippen LogP contribution >= 0.6 is 15.9 Å². The van der Waals surface area contributed by atoms with Crippen LogP contribution in [0.4, 0.5) is 10.1 Å². The van der Waals surface area contributed by atoms with E-state index in [1.807, 2.05) is 0 Å². The third-order valence-electron chi connectivity index (χ3n) is 2.98. The summed E-state index contributed by atoms with van der Waals surface area (Å²) in [6.07, 6.45) is 0. The van der Waals surface area contributed by atoms with Gasteiger partial charge in [0.1, 0.15) is 5.82 Å². The summed E-state index contributed by atoms with van der Waals surface area (Å²) in [6, 6.07) is 8.75. The van der Waals surface area contributed by atoms with Crippen LogP contribution in [-0.4, -0.2) is 8.42 Å². The lowest BCUT2D eigenvalue weighted by Gasteiger charge is -2.12. The summed E-state index contributed by atoms with van der Waals surface area (Å²) in [5.74, 6) is -0.517. The molecule has 0 saturated heterocycles. The van der Waals surface area contributed by atoms with Crippen LogP contribution in [0.25, 0.3) is 0 Å². The highest BCUT2D eigenvalue weighted by molar-refractivity contribution is 9.10. The van der Waals surface area contributed by atoms with Crippen LogP contribution in [0, 0.1) is 12.7 Å². The van der Waals surface area contributed by atoms with Crippen molar-refractivity contribution in [3.63, 3.8) is 0 Å². The van der Waals surface area contributed by atoms with E-state index < -0.39 is 15.8 Å². The number of nitrogens with two attached hydrogens (primary N) is 1. The standard InChI is InChI=1S/C14H14BrFN2O2S/c1-9-6-11(15)2-5-14(9)18-21(19,20)12-3-4-13(16)10(7-12)8-17/h2-7,18H,8,17H2,1H3. The zero-order chi connectivity index (χ0) is 15.6. The van der Waals surface area contributed by atoms with Gasteiger partial charge in [0, 0.05) is 16.6 Å². The van der Waals surface area contributed by atoms with Crippen LogP contribution in [0.5, 0.6) is 0 Å². The highest BCUT2D eigenvalue weighted by Gasteiger charge is 2.17. The van der Waals surface area contributed by atoms with E-state index in [1.54, 1.807) is 25.1 Å². The summed E-state index contributed by atoms with van der Waals surface area (Å²) in [4.78, 5) is -0.0216. The van der Waals surface area contributed by atoms with Gasteiger partial charge in [0.25, 0.3) is 10.0 Å². The Balaban J connectivity index is 2.38. The molecule has 2 rings (SSSR count). The maximum atomic E-state index is 13.4. The molecule has 0 spiro atoms. The molecule has 0 atom stereocenters. The fourth-order valence-corrected chi connectivity index (χ4v) is 3.48. The largest absolute Gasteiger partial charge is 0.326 e. The van der Waals surface area contributed by atoms with E-state index in [1.165, 1.54) is 12.1 Å². The van der Waals surface area contributed by atoms with E-state index in [0.717, 1.165) is 16.1 Å². The van der Waals surface area contributed by atoms with Crippen molar-refractivity contribution in [1.82, 2.24) is 0 Å². The quantitative estimate of drug-likeness (QED) is 0.865. The first-order valence-electron chi connectivity index (χ1n) is 6.11. The molecule has 0 aromatic heterocycles. The number of rotatable bonds is 4. The third kappa shape index (κ3) is 3.61. The van der Waals surface area contributed by atoms with Crippen molar-refractivity contribution in [3.8, 4) is 0 Å². The molecular weight excluding hydrogens is 359 g/mol. The molecule has 4 nitrogen and oxygen atoms in total. The summed E-state index contributed by atoms with van der Waals surface area (Å²) in [6.45, 7) is 1.73. The molecule has 0 radical (unpaired) electrons. The number of benzene rings is 2. The van der Waals surface area contributed by atoms with E-state index in [9.17, 15) is 12.8 Å². The van der Waals surface area contributed by atoms with E-state index >= 15 is 0 Å². The Kier molecular flexibility index (Phi) is 4.65. The average Bonchev–Trinajstić information content (AvgIpc) is 2.42. The van der Waals surface area contributed by atoms with Crippen LogP contribution in [0.3, 0.4) is 0 Å². The highest BCUT2D eigenvalue weighted by Crippen LogP contribution is 2.24. The molecule has 2 aromatic rings. The van der Waals surface area contributed by atoms with Gasteiger partial charge >= 0.3 is 0 Å². The first kappa shape index (κ1) is 15.9. The molecule has 0 aliphatic heterocycles. The van der Waals surface area contributed by atoms with Gasteiger partial charge in [-0.1, -0.05) is 15.9 Å². The number of hydrogen-bond acceptors (Lipinski definition) is 3. The molecule has 0 aliphatic carbocycles. The Morgan fingerprint density at radius 3 is 2.57 bits per heavy atom. The Hall–Kier alpha value is -1.44. The predicted molar refractivity (Wildman–Crippen MR) is 84.0 cm³/mol. The van der Waals surface area contributed by atoms with Gasteiger partial charge in [-0.25, -0.2) is 12.8 Å². The van der Waals surface area contributed by atoms with Crippen LogP contribution in [-0.2, 0) is 16.6 Å². The molecule has 0 unspecified atom stereocenters. The monoisotopic (exact) mass is 372 g/mol. The number of aryl methyl sites for hydroxylation is 1. The van der Waals surface area contributed by atoms with Crippen LogP contribution in [0.2, 0.25) is 0 Å². The summed E-state index contributed by atoms with van der Waals surface area (Å²) < 4.78 is 41.4. The SMILES string of the molecule is Cc1cc(Br)ccc1NS(=O)(=O)c1ccc(F)c(CN)c1. The van der Waals surface area contributed by atoms with Crippen molar-refractivity contribution < 1.29 is 12.8 Å². The molecule has 112 valence electrons. The molecule has 0 saturated carbocycles. The molecule has 0 aliphatic rings. The molecule has 0 fully saturated rings. The minimum absolute atomic E-state index is 0.0216. The maximum absolute atomic E-state index is 13.4. The fourth-order valence-electron chi connectivity index (χ4n) is 1.82. The van der Waals surface area contributed by atoms with Gasteiger partial charge in [0.05, 0.1) is 10.6 Å². The minimum atomic E-state index is -3.79. The summed E-state index contributed by atoms with van der Waals surface area (Å²) in [7, 11) is -3.79. The van der Waals surface area contributed by atoms with E-state index in [4.69, 9.17) is 5.73 Å². The Labute approximate surface area is 131 Å². The smallest absolute Gasteiger partial charge is 0.261 e. The van der Waals surface area contributed by atoms with Crippen LogP contribution < -0.4 is 10.5 Å². The number of anilines is 1. The molecule has 3 N–H and O–H groups in total. The van der Waals surface area contributed by atoms with Crippen molar-refractivity contribution in [2.45, 2.75) is 18.4 Å². The fraction of sp³-hybridized carbons (Fsp3) is 0.143. The molecule has 0 bridgehead atoms. The first-order valence-corrected chi connectivity index (χ1v) is 8.38. The van der Waals surface area contributed by atoms with E-state index in [-0.39, 0.29) is 17.0 Å². The molecule has 0 amide bonds. The molecular formula is C14H14BrFN2O2S. The van der Waals surface area contributed by atoms with Gasteiger partial charge in [-0.2, -0.15) is 0 Å². The zero-order valence-corrected chi connectivity index (χ0v) is 13.6.